The number of carbonyl (C=O) groups excluding carboxylic acids is 2. The fourth-order valence-electron chi connectivity index (χ4n) is 2.72. The Kier molecular flexibility index (Phi) is 4.61. The van der Waals surface area contributed by atoms with Gasteiger partial charge in [-0.3, -0.25) is 4.79 Å². The molecule has 11 nitrogen and oxygen atoms in total. The second kappa shape index (κ2) is 7.38. The van der Waals surface area contributed by atoms with Gasteiger partial charge in [0.2, 0.25) is 5.88 Å². The molecular weight excluding hydrogens is 378 g/mol. The van der Waals surface area contributed by atoms with Crippen LogP contribution in [0.4, 0.5) is 5.82 Å². The van der Waals surface area contributed by atoms with E-state index in [1.807, 2.05) is 0 Å². The van der Waals surface area contributed by atoms with E-state index in [9.17, 15) is 9.59 Å². The second-order valence-electron chi connectivity index (χ2n) is 5.79. The summed E-state index contributed by atoms with van der Waals surface area (Å²) in [5.74, 6) is -0.922. The number of nitrogens with zero attached hydrogens (tertiary/aromatic N) is 6. The van der Waals surface area contributed by atoms with E-state index < -0.39 is 11.9 Å². The summed E-state index contributed by atoms with van der Waals surface area (Å²) >= 11 is 0. The summed E-state index contributed by atoms with van der Waals surface area (Å²) in [6, 6.07) is 4.79. The van der Waals surface area contributed by atoms with Gasteiger partial charge in [0.25, 0.3) is 5.91 Å². The fourth-order valence-corrected chi connectivity index (χ4v) is 2.72. The summed E-state index contributed by atoms with van der Waals surface area (Å²) < 4.78 is 13.1. The third kappa shape index (κ3) is 3.36. The van der Waals surface area contributed by atoms with Crippen LogP contribution < -0.4 is 10.1 Å². The number of carbonyl (C=O) groups is 2. The van der Waals surface area contributed by atoms with Crippen molar-refractivity contribution in [3.05, 3.63) is 60.3 Å². The third-order valence-corrected chi connectivity index (χ3v) is 4.04. The van der Waals surface area contributed by atoms with Gasteiger partial charge in [-0.15, -0.1) is 0 Å². The zero-order valence-electron chi connectivity index (χ0n) is 15.4. The third-order valence-electron chi connectivity index (χ3n) is 4.04. The standard InChI is InChI=1S/C18H15N7O4/c1-28-17-15(24-7-3-5-20-24)12(18(27)29-2)8-13(23-17)22-16(26)11-9-19-14-4-6-21-25(14)10-11/h3-10H,1-2H3,(H,22,23,26). The maximum atomic E-state index is 12.6. The lowest BCUT2D eigenvalue weighted by Gasteiger charge is -2.14. The minimum Gasteiger partial charge on any atom is -0.479 e. The number of fused-ring (bicyclic) bond motifs is 1. The summed E-state index contributed by atoms with van der Waals surface area (Å²) in [7, 11) is 2.66. The van der Waals surface area contributed by atoms with Crippen molar-refractivity contribution in [1.29, 1.82) is 0 Å². The SMILES string of the molecule is COC(=O)c1cc(NC(=O)c2cnc3ccnn3c2)nc(OC)c1-n1cccn1. The molecule has 0 unspecified atom stereocenters. The van der Waals surface area contributed by atoms with Crippen LogP contribution in [0.1, 0.15) is 20.7 Å². The number of amides is 1. The predicted octanol–water partition coefficient (Wildman–Crippen LogP) is 1.36. The normalized spacial score (nSPS) is 10.7. The first-order chi connectivity index (χ1) is 14.1. The lowest BCUT2D eigenvalue weighted by atomic mass is 10.2. The summed E-state index contributed by atoms with van der Waals surface area (Å²) in [6.45, 7) is 0. The molecule has 0 fully saturated rings. The smallest absolute Gasteiger partial charge is 0.340 e. The molecule has 1 amide bonds. The van der Waals surface area contributed by atoms with Crippen molar-refractivity contribution in [2.75, 3.05) is 19.5 Å². The average Bonchev–Trinajstić information content (AvgIpc) is 3.43. The van der Waals surface area contributed by atoms with Gasteiger partial charge in [-0.05, 0) is 12.1 Å². The number of pyridine rings is 1. The predicted molar refractivity (Wildman–Crippen MR) is 100 cm³/mol. The molecule has 0 atom stereocenters. The average molecular weight is 393 g/mol. The van der Waals surface area contributed by atoms with Crippen molar-refractivity contribution in [2.45, 2.75) is 0 Å². The number of methoxy groups -OCH3 is 2. The van der Waals surface area contributed by atoms with Crippen LogP contribution in [-0.4, -0.2) is 55.5 Å². The number of anilines is 1. The Morgan fingerprint density at radius 1 is 1.17 bits per heavy atom. The molecule has 0 aliphatic rings. The van der Waals surface area contributed by atoms with E-state index in [-0.39, 0.29) is 22.8 Å². The molecule has 29 heavy (non-hydrogen) atoms. The van der Waals surface area contributed by atoms with Crippen LogP contribution in [0.25, 0.3) is 11.3 Å². The van der Waals surface area contributed by atoms with Gasteiger partial charge in [-0.2, -0.15) is 15.2 Å². The highest BCUT2D eigenvalue weighted by molar-refractivity contribution is 6.04. The number of hydrogen-bond acceptors (Lipinski definition) is 8. The Hall–Kier alpha value is -4.28. The zero-order valence-corrected chi connectivity index (χ0v) is 15.4. The Morgan fingerprint density at radius 3 is 2.76 bits per heavy atom. The monoisotopic (exact) mass is 393 g/mol. The molecule has 0 aromatic carbocycles. The van der Waals surface area contributed by atoms with Gasteiger partial charge in [0, 0.05) is 30.9 Å². The fraction of sp³-hybridized carbons (Fsp3) is 0.111. The molecule has 0 aliphatic carbocycles. The molecule has 0 aliphatic heterocycles. The molecule has 0 saturated carbocycles. The van der Waals surface area contributed by atoms with Crippen LogP contribution in [0.5, 0.6) is 5.88 Å². The summed E-state index contributed by atoms with van der Waals surface area (Å²) in [4.78, 5) is 33.4. The van der Waals surface area contributed by atoms with Crippen molar-refractivity contribution in [1.82, 2.24) is 29.4 Å². The first-order valence-electron chi connectivity index (χ1n) is 8.39. The molecule has 1 N–H and O–H groups in total. The Balaban J connectivity index is 1.73. The van der Waals surface area contributed by atoms with Crippen molar-refractivity contribution in [3.8, 4) is 11.6 Å². The van der Waals surface area contributed by atoms with Crippen LogP contribution in [0, 0.1) is 0 Å². The minimum atomic E-state index is -0.633. The summed E-state index contributed by atoms with van der Waals surface area (Å²) in [6.07, 6.45) is 7.72. The van der Waals surface area contributed by atoms with Gasteiger partial charge >= 0.3 is 5.97 Å². The molecule has 146 valence electrons. The minimum absolute atomic E-state index is 0.0903. The second-order valence-corrected chi connectivity index (χ2v) is 5.79. The van der Waals surface area contributed by atoms with Crippen LogP contribution >= 0.6 is 0 Å². The lowest BCUT2D eigenvalue weighted by molar-refractivity contribution is 0.0599. The van der Waals surface area contributed by atoms with E-state index in [1.54, 1.807) is 30.7 Å². The van der Waals surface area contributed by atoms with E-state index in [0.717, 1.165) is 0 Å². The van der Waals surface area contributed by atoms with Gasteiger partial charge in [-0.1, -0.05) is 0 Å². The number of hydrogen-bond donors (Lipinski definition) is 1. The van der Waals surface area contributed by atoms with Crippen LogP contribution in [0.15, 0.2) is 49.2 Å². The Morgan fingerprint density at radius 2 is 2.03 bits per heavy atom. The Bertz CT molecular complexity index is 1200. The van der Waals surface area contributed by atoms with Gasteiger partial charge < -0.3 is 14.8 Å². The first-order valence-corrected chi connectivity index (χ1v) is 8.39. The number of nitrogens with one attached hydrogen (secondary N) is 1. The highest BCUT2D eigenvalue weighted by Crippen LogP contribution is 2.28. The molecule has 0 radical (unpaired) electrons. The highest BCUT2D eigenvalue weighted by atomic mass is 16.5. The van der Waals surface area contributed by atoms with Gasteiger partial charge in [0.1, 0.15) is 11.5 Å². The number of ether oxygens (including phenoxy) is 2. The van der Waals surface area contributed by atoms with Crippen molar-refractivity contribution in [2.24, 2.45) is 0 Å². The van der Waals surface area contributed by atoms with Crippen LogP contribution in [0.2, 0.25) is 0 Å². The van der Waals surface area contributed by atoms with E-state index in [4.69, 9.17) is 9.47 Å². The maximum Gasteiger partial charge on any atom is 0.340 e. The highest BCUT2D eigenvalue weighted by Gasteiger charge is 2.22. The quantitative estimate of drug-likeness (QED) is 0.504. The topological polar surface area (TPSA) is 126 Å². The van der Waals surface area contributed by atoms with E-state index in [2.05, 4.69) is 25.5 Å². The molecule has 4 aromatic rings. The lowest BCUT2D eigenvalue weighted by Crippen LogP contribution is -2.17. The van der Waals surface area contributed by atoms with Gasteiger partial charge in [0.15, 0.2) is 5.65 Å². The largest absolute Gasteiger partial charge is 0.479 e. The molecule has 0 spiro atoms. The van der Waals surface area contributed by atoms with E-state index in [1.165, 1.54) is 41.9 Å². The van der Waals surface area contributed by atoms with Crippen LogP contribution in [0.3, 0.4) is 0 Å². The van der Waals surface area contributed by atoms with Crippen LogP contribution in [-0.2, 0) is 4.74 Å². The maximum absolute atomic E-state index is 12.6. The molecule has 4 aromatic heterocycles. The summed E-state index contributed by atoms with van der Waals surface area (Å²) in [5.41, 5.74) is 1.29. The van der Waals surface area contributed by atoms with E-state index >= 15 is 0 Å². The molecule has 0 bridgehead atoms. The molecule has 4 heterocycles. The van der Waals surface area contributed by atoms with E-state index in [0.29, 0.717) is 11.3 Å². The zero-order chi connectivity index (χ0) is 20.4. The molecule has 11 heteroatoms. The molecular formula is C18H15N7O4. The summed E-state index contributed by atoms with van der Waals surface area (Å²) in [5, 5.41) is 10.8. The van der Waals surface area contributed by atoms with Crippen molar-refractivity contribution >= 4 is 23.3 Å². The van der Waals surface area contributed by atoms with Gasteiger partial charge in [0.05, 0.1) is 31.5 Å². The van der Waals surface area contributed by atoms with Crippen molar-refractivity contribution in [3.63, 3.8) is 0 Å². The Labute approximate surface area is 163 Å². The number of rotatable bonds is 5. The number of aromatic nitrogens is 6. The molecule has 4 rings (SSSR count). The first kappa shape index (κ1) is 18.1. The molecule has 0 saturated heterocycles. The number of esters is 1. The van der Waals surface area contributed by atoms with Crippen molar-refractivity contribution < 1.29 is 19.1 Å². The van der Waals surface area contributed by atoms with Gasteiger partial charge in [-0.25, -0.2) is 19.0 Å².